The lowest BCUT2D eigenvalue weighted by Gasteiger charge is -2.36. The minimum absolute atomic E-state index is 0.206. The molecule has 0 fully saturated rings. The van der Waals surface area contributed by atoms with Gasteiger partial charge in [-0.25, -0.2) is 0 Å². The summed E-state index contributed by atoms with van der Waals surface area (Å²) in [7, 11) is 0. The Morgan fingerprint density at radius 2 is 2.14 bits per heavy atom. The lowest BCUT2D eigenvalue weighted by molar-refractivity contribution is 0.219. The molecule has 2 heteroatoms. The van der Waals surface area contributed by atoms with Crippen LogP contribution >= 0.6 is 0 Å². The van der Waals surface area contributed by atoms with Crippen LogP contribution in [0.3, 0.4) is 0 Å². The first-order valence-corrected chi connectivity index (χ1v) is 7.98. The number of hydrogen-bond acceptors (Lipinski definition) is 1. The fraction of sp³-hybridized carbons (Fsp3) is 0.368. The van der Waals surface area contributed by atoms with E-state index in [0.29, 0.717) is 0 Å². The first kappa shape index (κ1) is 12.9. The van der Waals surface area contributed by atoms with E-state index in [1.54, 1.807) is 0 Å². The van der Waals surface area contributed by atoms with Crippen LogP contribution in [0.4, 0.5) is 0 Å². The van der Waals surface area contributed by atoms with E-state index in [-0.39, 0.29) is 5.41 Å². The first-order chi connectivity index (χ1) is 10.3. The van der Waals surface area contributed by atoms with Gasteiger partial charge >= 0.3 is 0 Å². The van der Waals surface area contributed by atoms with Crippen LogP contribution in [-0.4, -0.2) is 29.5 Å². The van der Waals surface area contributed by atoms with Crippen molar-refractivity contribution in [2.45, 2.75) is 19.8 Å². The van der Waals surface area contributed by atoms with Crippen LogP contribution in [0.2, 0.25) is 0 Å². The summed E-state index contributed by atoms with van der Waals surface area (Å²) in [6, 6.07) is 8.67. The molecule has 4 rings (SSSR count). The zero-order valence-corrected chi connectivity index (χ0v) is 12.6. The van der Waals surface area contributed by atoms with Crippen molar-refractivity contribution in [3.63, 3.8) is 0 Å². The van der Waals surface area contributed by atoms with E-state index in [4.69, 9.17) is 0 Å². The second-order valence-electron chi connectivity index (χ2n) is 6.37. The Labute approximate surface area is 126 Å². The number of fused-ring (bicyclic) bond motifs is 5. The maximum absolute atomic E-state index is 3.60. The highest BCUT2D eigenvalue weighted by molar-refractivity contribution is 5.87. The van der Waals surface area contributed by atoms with Crippen LogP contribution in [0.5, 0.6) is 0 Å². The molecule has 0 aliphatic carbocycles. The molecular weight excluding hydrogens is 256 g/mol. The van der Waals surface area contributed by atoms with Crippen LogP contribution in [0.15, 0.2) is 42.5 Å². The van der Waals surface area contributed by atoms with Crippen molar-refractivity contribution in [2.75, 3.05) is 19.6 Å². The molecule has 2 aliphatic rings. The minimum Gasteiger partial charge on any atom is -0.355 e. The number of nitrogens with zero attached hydrogens (tertiary/aromatic N) is 1. The molecular formula is C19H22N2. The van der Waals surface area contributed by atoms with Gasteiger partial charge < -0.3 is 4.98 Å². The van der Waals surface area contributed by atoms with Crippen LogP contribution in [0, 0.1) is 5.41 Å². The molecule has 0 saturated heterocycles. The molecule has 3 heterocycles. The normalized spacial score (nSPS) is 29.5. The average Bonchev–Trinajstić information content (AvgIpc) is 2.90. The largest absolute Gasteiger partial charge is 0.355 e. The van der Waals surface area contributed by atoms with Gasteiger partial charge in [0.15, 0.2) is 0 Å². The molecule has 2 atom stereocenters. The first-order valence-electron chi connectivity index (χ1n) is 7.98. The monoisotopic (exact) mass is 278 g/mol. The van der Waals surface area contributed by atoms with E-state index in [0.717, 1.165) is 32.5 Å². The predicted octanol–water partition coefficient (Wildman–Crippen LogP) is 4.01. The van der Waals surface area contributed by atoms with E-state index in [2.05, 4.69) is 65.4 Å². The third kappa shape index (κ3) is 2.14. The summed E-state index contributed by atoms with van der Waals surface area (Å²) in [6.45, 7) is 5.68. The smallest absolute Gasteiger partial charge is 0.0461 e. The summed E-state index contributed by atoms with van der Waals surface area (Å²) in [5.74, 6) is 0. The van der Waals surface area contributed by atoms with E-state index in [9.17, 15) is 0 Å². The predicted molar refractivity (Wildman–Crippen MR) is 89.3 cm³/mol. The number of aromatic amines is 1. The highest BCUT2D eigenvalue weighted by atomic mass is 15.1. The van der Waals surface area contributed by atoms with Crippen LogP contribution in [-0.2, 0) is 6.42 Å². The number of benzene rings is 1. The Hall–Kier alpha value is -1.80. The van der Waals surface area contributed by atoms with Gasteiger partial charge in [0.2, 0.25) is 0 Å². The number of H-pyrrole nitrogens is 1. The topological polar surface area (TPSA) is 19.0 Å². The standard InChI is InChI=1S/C19H22N2/c1-2-19-10-5-12-21(14-19)13-9-16-15-6-3-4-7-17(15)20-18(16)8-11-19/h3-8,10-11,20H,2,9,12-14H2,1H3/b11-8-. The van der Waals surface area contributed by atoms with E-state index >= 15 is 0 Å². The molecule has 1 aromatic heterocycles. The number of hydrogen-bond donors (Lipinski definition) is 1. The quantitative estimate of drug-likeness (QED) is 0.781. The van der Waals surface area contributed by atoms with Crippen molar-refractivity contribution in [3.05, 3.63) is 53.8 Å². The van der Waals surface area contributed by atoms with Crippen molar-refractivity contribution in [1.29, 1.82) is 0 Å². The van der Waals surface area contributed by atoms with Gasteiger partial charge in [-0.1, -0.05) is 43.4 Å². The van der Waals surface area contributed by atoms with Crippen molar-refractivity contribution < 1.29 is 0 Å². The summed E-state index contributed by atoms with van der Waals surface area (Å²) in [4.78, 5) is 6.19. The zero-order valence-electron chi connectivity index (χ0n) is 12.6. The van der Waals surface area contributed by atoms with E-state index in [1.807, 2.05) is 0 Å². The number of nitrogens with one attached hydrogen (secondary N) is 1. The zero-order chi connectivity index (χ0) is 14.3. The van der Waals surface area contributed by atoms with Crippen LogP contribution in [0.25, 0.3) is 17.0 Å². The van der Waals surface area contributed by atoms with Gasteiger partial charge in [0, 0.05) is 41.6 Å². The van der Waals surface area contributed by atoms with Crippen molar-refractivity contribution >= 4 is 17.0 Å². The molecule has 108 valence electrons. The lowest BCUT2D eigenvalue weighted by Crippen LogP contribution is -2.39. The Morgan fingerprint density at radius 3 is 3.05 bits per heavy atom. The third-order valence-electron chi connectivity index (χ3n) is 5.10. The van der Waals surface area contributed by atoms with Crippen LogP contribution < -0.4 is 0 Å². The number of aromatic nitrogens is 1. The van der Waals surface area contributed by atoms with Gasteiger partial charge in [-0.05, 0) is 30.5 Å². The van der Waals surface area contributed by atoms with Gasteiger partial charge in [-0.15, -0.1) is 0 Å². The van der Waals surface area contributed by atoms with E-state index < -0.39 is 0 Å². The maximum Gasteiger partial charge on any atom is 0.0461 e. The summed E-state index contributed by atoms with van der Waals surface area (Å²) >= 11 is 0. The molecule has 0 amide bonds. The highest BCUT2D eigenvalue weighted by Crippen LogP contribution is 2.34. The Balaban J connectivity index is 1.86. The van der Waals surface area contributed by atoms with Crippen molar-refractivity contribution in [2.24, 2.45) is 5.41 Å². The van der Waals surface area contributed by atoms with Crippen molar-refractivity contribution in [3.8, 4) is 0 Å². The molecule has 2 aromatic rings. The second kappa shape index (κ2) is 4.88. The van der Waals surface area contributed by atoms with Gasteiger partial charge in [0.25, 0.3) is 0 Å². The SMILES string of the molecule is CCC12C=CCN(CCc3c([nH]c4ccccc34)/C=C\1)C2. The fourth-order valence-electron chi connectivity index (χ4n) is 3.75. The second-order valence-corrected chi connectivity index (χ2v) is 6.37. The van der Waals surface area contributed by atoms with Crippen molar-refractivity contribution in [1.82, 2.24) is 9.88 Å². The summed E-state index contributed by atoms with van der Waals surface area (Å²) in [5.41, 5.74) is 4.23. The summed E-state index contributed by atoms with van der Waals surface area (Å²) in [6.07, 6.45) is 11.8. The van der Waals surface area contributed by atoms with Gasteiger partial charge in [0.1, 0.15) is 0 Å². The minimum atomic E-state index is 0.206. The summed E-state index contributed by atoms with van der Waals surface area (Å²) in [5, 5.41) is 1.38. The van der Waals surface area contributed by atoms with Gasteiger partial charge in [0.05, 0.1) is 0 Å². The molecule has 1 N–H and O–H groups in total. The Kier molecular flexibility index (Phi) is 3.00. The van der Waals surface area contributed by atoms with E-state index in [1.165, 1.54) is 22.2 Å². The molecule has 2 nitrogen and oxygen atoms in total. The summed E-state index contributed by atoms with van der Waals surface area (Å²) < 4.78 is 0. The maximum atomic E-state index is 3.60. The number of rotatable bonds is 1. The molecule has 2 unspecified atom stereocenters. The molecule has 0 spiro atoms. The molecule has 2 aliphatic heterocycles. The highest BCUT2D eigenvalue weighted by Gasteiger charge is 2.29. The van der Waals surface area contributed by atoms with Gasteiger partial charge in [-0.3, -0.25) is 4.90 Å². The Bertz CT molecular complexity index is 722. The fourth-order valence-corrected chi connectivity index (χ4v) is 3.75. The molecule has 21 heavy (non-hydrogen) atoms. The van der Waals surface area contributed by atoms with Crippen LogP contribution in [0.1, 0.15) is 24.6 Å². The Morgan fingerprint density at radius 1 is 1.24 bits per heavy atom. The third-order valence-corrected chi connectivity index (χ3v) is 5.10. The number of para-hydroxylation sites is 1. The molecule has 2 bridgehead atoms. The lowest BCUT2D eigenvalue weighted by atomic mass is 9.82. The molecule has 1 aromatic carbocycles. The molecule has 0 saturated carbocycles. The molecule has 0 radical (unpaired) electrons. The van der Waals surface area contributed by atoms with Gasteiger partial charge in [-0.2, -0.15) is 0 Å². The average molecular weight is 278 g/mol.